The van der Waals surface area contributed by atoms with Gasteiger partial charge < -0.3 is 21.3 Å². The van der Waals surface area contributed by atoms with Crippen LogP contribution in [-0.2, 0) is 16.8 Å². The van der Waals surface area contributed by atoms with Crippen LogP contribution in [-0.4, -0.2) is 41.4 Å². The van der Waals surface area contributed by atoms with Gasteiger partial charge in [0.25, 0.3) is 0 Å². The standard InChI is InChI=1S/C11H24N2.C10H22N2.Co/c1-8(2)12-10(5)7-11(6)13-9(3)4;1-8(11-9(2,3)4)12-10(5,6)7;/h8-11H,7H2,1-6H3;8H,1-7H3;/q2*-2;. The Morgan fingerprint density at radius 2 is 0.846 bits per heavy atom. The summed E-state index contributed by atoms with van der Waals surface area (Å²) >= 11 is 0. The molecule has 0 aromatic heterocycles. The van der Waals surface area contributed by atoms with E-state index in [1.807, 2.05) is 6.92 Å². The van der Waals surface area contributed by atoms with Crippen molar-refractivity contribution in [2.75, 3.05) is 0 Å². The van der Waals surface area contributed by atoms with Crippen molar-refractivity contribution in [3.05, 3.63) is 21.3 Å². The van der Waals surface area contributed by atoms with Gasteiger partial charge in [0, 0.05) is 16.8 Å². The van der Waals surface area contributed by atoms with Crippen LogP contribution in [0.25, 0.3) is 21.3 Å². The van der Waals surface area contributed by atoms with Crippen LogP contribution in [0.15, 0.2) is 0 Å². The van der Waals surface area contributed by atoms with Crippen LogP contribution in [0.1, 0.15) is 96.4 Å². The normalized spacial score (nSPS) is 14.8. The van der Waals surface area contributed by atoms with Crippen LogP contribution in [0, 0.1) is 0 Å². The molecule has 0 heterocycles. The summed E-state index contributed by atoms with van der Waals surface area (Å²) < 4.78 is 0. The molecule has 0 rings (SSSR count). The third kappa shape index (κ3) is 26.6. The molecule has 0 N–H and O–H groups in total. The molecule has 0 fully saturated rings. The molecule has 4 nitrogen and oxygen atoms in total. The van der Waals surface area contributed by atoms with E-state index in [1.54, 1.807) is 0 Å². The number of hydrogen-bond donors (Lipinski definition) is 0. The second kappa shape index (κ2) is 14.4. The van der Waals surface area contributed by atoms with E-state index in [4.69, 9.17) is 0 Å². The van der Waals surface area contributed by atoms with Gasteiger partial charge in [-0.15, -0.1) is 42.2 Å². The van der Waals surface area contributed by atoms with Crippen molar-refractivity contribution in [2.24, 2.45) is 0 Å². The monoisotopic (exact) mass is 413 g/mol. The Labute approximate surface area is 176 Å². The van der Waals surface area contributed by atoms with Crippen molar-refractivity contribution in [3.63, 3.8) is 0 Å². The third-order valence-corrected chi connectivity index (χ3v) is 2.94. The fraction of sp³-hybridized carbons (Fsp3) is 1.00. The van der Waals surface area contributed by atoms with Crippen LogP contribution < -0.4 is 0 Å². The summed E-state index contributed by atoms with van der Waals surface area (Å²) in [5.74, 6) is 0. The summed E-state index contributed by atoms with van der Waals surface area (Å²) in [6.07, 6.45) is 1.18. The molecule has 0 saturated heterocycles. The Morgan fingerprint density at radius 1 is 0.577 bits per heavy atom. The second-order valence-corrected chi connectivity index (χ2v) is 9.65. The Bertz CT molecular complexity index is 289. The maximum Gasteiger partial charge on any atom is 0 e. The van der Waals surface area contributed by atoms with Gasteiger partial charge in [-0.25, -0.2) is 6.17 Å². The zero-order chi connectivity index (χ0) is 20.4. The van der Waals surface area contributed by atoms with Crippen molar-refractivity contribution in [2.45, 2.75) is 138 Å². The summed E-state index contributed by atoms with van der Waals surface area (Å²) in [6, 6.07) is 1.78. The SMILES string of the molecule is CC(C)[N-]C(C)CC(C)[N-]C(C)C.CC([N-]C(C)(C)C)[N-]C(C)(C)C.[Co]. The fourth-order valence-corrected chi connectivity index (χ4v) is 2.78. The molecule has 0 bridgehead atoms. The fourth-order valence-electron chi connectivity index (χ4n) is 2.78. The quantitative estimate of drug-likeness (QED) is 0.398. The van der Waals surface area contributed by atoms with Gasteiger partial charge in [-0.2, -0.15) is 0 Å². The van der Waals surface area contributed by atoms with Crippen LogP contribution in [0.2, 0.25) is 0 Å². The molecule has 0 spiro atoms. The average Bonchev–Trinajstić information content (AvgIpc) is 2.19. The van der Waals surface area contributed by atoms with E-state index in [2.05, 4.69) is 104 Å². The Kier molecular flexibility index (Phi) is 17.2. The maximum atomic E-state index is 4.56. The minimum Gasteiger partial charge on any atom is -0.673 e. The molecular weight excluding hydrogens is 367 g/mol. The molecule has 0 amide bonds. The van der Waals surface area contributed by atoms with E-state index >= 15 is 0 Å². The zero-order valence-corrected chi connectivity index (χ0v) is 20.8. The van der Waals surface area contributed by atoms with Crippen LogP contribution in [0.4, 0.5) is 0 Å². The molecule has 0 aromatic rings. The van der Waals surface area contributed by atoms with Gasteiger partial charge in [-0.1, -0.05) is 89.5 Å². The summed E-state index contributed by atoms with van der Waals surface area (Å²) in [7, 11) is 0. The maximum absolute atomic E-state index is 4.56. The zero-order valence-electron chi connectivity index (χ0n) is 19.7. The predicted octanol–water partition coefficient (Wildman–Crippen LogP) is 7.39. The first-order valence-corrected chi connectivity index (χ1v) is 9.85. The molecule has 163 valence electrons. The van der Waals surface area contributed by atoms with E-state index < -0.39 is 0 Å². The van der Waals surface area contributed by atoms with Crippen molar-refractivity contribution in [1.82, 2.24) is 0 Å². The van der Waals surface area contributed by atoms with Gasteiger partial charge >= 0.3 is 0 Å². The molecule has 1 radical (unpaired) electrons. The minimum absolute atomic E-state index is 0. The predicted molar refractivity (Wildman–Crippen MR) is 116 cm³/mol. The first-order valence-electron chi connectivity index (χ1n) is 9.85. The molecule has 2 unspecified atom stereocenters. The molecule has 0 aliphatic heterocycles. The molecule has 0 saturated carbocycles. The van der Waals surface area contributed by atoms with E-state index in [9.17, 15) is 0 Å². The summed E-state index contributed by atoms with van der Waals surface area (Å²) in [5, 5.41) is 18.2. The van der Waals surface area contributed by atoms with Crippen molar-refractivity contribution < 1.29 is 16.8 Å². The van der Waals surface area contributed by atoms with E-state index in [0.29, 0.717) is 24.2 Å². The van der Waals surface area contributed by atoms with Gasteiger partial charge in [0.15, 0.2) is 0 Å². The number of hydrogen-bond acceptors (Lipinski definition) is 0. The first kappa shape index (κ1) is 31.1. The Balaban J connectivity index is -0.000000393. The largest absolute Gasteiger partial charge is 0.673 e. The molecular formula is C21H46CoN4-4. The van der Waals surface area contributed by atoms with Crippen molar-refractivity contribution in [3.8, 4) is 0 Å². The number of rotatable bonds is 8. The molecule has 26 heavy (non-hydrogen) atoms. The molecule has 0 aliphatic rings. The first-order chi connectivity index (χ1) is 11.0. The second-order valence-electron chi connectivity index (χ2n) is 9.65. The molecule has 5 heteroatoms. The van der Waals surface area contributed by atoms with E-state index in [1.165, 1.54) is 0 Å². The van der Waals surface area contributed by atoms with Crippen LogP contribution in [0.3, 0.4) is 0 Å². The minimum atomic E-state index is 0. The Morgan fingerprint density at radius 3 is 1.04 bits per heavy atom. The third-order valence-electron chi connectivity index (χ3n) is 2.94. The molecule has 0 aromatic carbocycles. The van der Waals surface area contributed by atoms with Gasteiger partial charge in [0.2, 0.25) is 0 Å². The van der Waals surface area contributed by atoms with Crippen molar-refractivity contribution >= 4 is 0 Å². The summed E-state index contributed by atoms with van der Waals surface area (Å²) in [4.78, 5) is 0. The van der Waals surface area contributed by atoms with Gasteiger partial charge in [0.05, 0.1) is 0 Å². The van der Waals surface area contributed by atoms with Crippen LogP contribution >= 0.6 is 0 Å². The summed E-state index contributed by atoms with van der Waals surface area (Å²) in [5.41, 5.74) is 0.0440. The van der Waals surface area contributed by atoms with E-state index in [-0.39, 0.29) is 34.0 Å². The van der Waals surface area contributed by atoms with Gasteiger partial charge in [-0.05, 0) is 0 Å². The molecule has 2 atom stereocenters. The van der Waals surface area contributed by atoms with Crippen molar-refractivity contribution in [1.29, 1.82) is 0 Å². The number of nitrogens with zero attached hydrogens (tertiary/aromatic N) is 4. The Hall–Kier alpha value is 0.346. The van der Waals surface area contributed by atoms with Gasteiger partial charge in [-0.3, -0.25) is 0 Å². The molecule has 0 aliphatic carbocycles. The summed E-state index contributed by atoms with van der Waals surface area (Å²) in [6.45, 7) is 27.5. The average molecular weight is 414 g/mol. The van der Waals surface area contributed by atoms with E-state index in [0.717, 1.165) is 6.42 Å². The smallest absolute Gasteiger partial charge is 0 e. The van der Waals surface area contributed by atoms with Crippen LogP contribution in [0.5, 0.6) is 0 Å². The van der Waals surface area contributed by atoms with Gasteiger partial charge in [0.1, 0.15) is 0 Å². The topological polar surface area (TPSA) is 56.4 Å².